The molecule has 0 saturated carbocycles. The molecule has 0 amide bonds. The molecule has 0 N–H and O–H groups in total. The van der Waals surface area contributed by atoms with Gasteiger partial charge in [0.05, 0.1) is 0 Å². The first kappa shape index (κ1) is 32.3. The van der Waals surface area contributed by atoms with Crippen LogP contribution in [0.2, 0.25) is 0 Å². The SMILES string of the molecule is C[C-]=C(C)C1=[C-]C(C)=C(C)C1.Cc1cc(C)c(C)cc1C.Cc1ccc2c(C)c(C)ccc2c1C.[Y]. The molecule has 1 radical (unpaired) electrons. The van der Waals surface area contributed by atoms with Gasteiger partial charge in [-0.3, -0.25) is 6.08 Å². The molecule has 0 bridgehead atoms. The van der Waals surface area contributed by atoms with Crippen LogP contribution in [-0.2, 0) is 32.7 Å². The molecule has 0 aromatic heterocycles. The van der Waals surface area contributed by atoms with Gasteiger partial charge in [-0.1, -0.05) is 50.2 Å². The van der Waals surface area contributed by atoms with Crippen molar-refractivity contribution in [2.24, 2.45) is 0 Å². The van der Waals surface area contributed by atoms with Gasteiger partial charge in [0, 0.05) is 32.7 Å². The summed E-state index contributed by atoms with van der Waals surface area (Å²) in [6.07, 6.45) is 7.56. The van der Waals surface area contributed by atoms with Crippen molar-refractivity contribution in [3.8, 4) is 0 Å². The van der Waals surface area contributed by atoms with E-state index in [1.165, 1.54) is 77.6 Å². The van der Waals surface area contributed by atoms with E-state index < -0.39 is 0 Å². The Hall–Kier alpha value is -1.76. The van der Waals surface area contributed by atoms with E-state index in [1.807, 2.05) is 6.92 Å². The van der Waals surface area contributed by atoms with Crippen molar-refractivity contribution in [1.82, 2.24) is 0 Å². The molecule has 0 unspecified atom stereocenters. The maximum absolute atomic E-state index is 3.35. The molecule has 3 aromatic carbocycles. The fraction of sp³-hybridized carbons (Fsp3) is 0.371. The Morgan fingerprint density at radius 1 is 0.639 bits per heavy atom. The molecule has 3 aromatic rings. The quantitative estimate of drug-likeness (QED) is 0.263. The molecule has 1 aliphatic carbocycles. The maximum atomic E-state index is 3.35. The number of rotatable bonds is 1. The van der Waals surface area contributed by atoms with E-state index in [1.54, 1.807) is 0 Å². The zero-order valence-electron chi connectivity index (χ0n) is 24.7. The van der Waals surface area contributed by atoms with Crippen molar-refractivity contribution in [2.75, 3.05) is 0 Å². The molecule has 1 heteroatoms. The van der Waals surface area contributed by atoms with E-state index in [0.717, 1.165) is 6.42 Å². The van der Waals surface area contributed by atoms with Gasteiger partial charge in [0.2, 0.25) is 0 Å². The third kappa shape index (κ3) is 8.12. The molecule has 0 fully saturated rings. The predicted octanol–water partition coefficient (Wildman–Crippen LogP) is 10.2. The molecule has 189 valence electrons. The summed E-state index contributed by atoms with van der Waals surface area (Å²) in [7, 11) is 0. The summed E-state index contributed by atoms with van der Waals surface area (Å²) < 4.78 is 0. The smallest absolute Gasteiger partial charge is 0 e. The number of aryl methyl sites for hydroxylation is 8. The van der Waals surface area contributed by atoms with Crippen molar-refractivity contribution in [3.63, 3.8) is 0 Å². The van der Waals surface area contributed by atoms with Crippen LogP contribution in [0.1, 0.15) is 78.6 Å². The Balaban J connectivity index is 0.000000271. The van der Waals surface area contributed by atoms with Gasteiger partial charge < -0.3 is 17.2 Å². The fourth-order valence-corrected chi connectivity index (χ4v) is 4.18. The van der Waals surface area contributed by atoms with Gasteiger partial charge in [-0.2, -0.15) is 11.1 Å². The summed E-state index contributed by atoms with van der Waals surface area (Å²) in [5.74, 6) is 0. The van der Waals surface area contributed by atoms with Crippen LogP contribution in [0.15, 0.2) is 58.7 Å². The summed E-state index contributed by atoms with van der Waals surface area (Å²) in [5.41, 5.74) is 16.4. The Labute approximate surface area is 246 Å². The second-order valence-electron chi connectivity index (χ2n) is 10.2. The van der Waals surface area contributed by atoms with Gasteiger partial charge in [-0.25, -0.2) is 0 Å². The van der Waals surface area contributed by atoms with Crippen LogP contribution in [0.5, 0.6) is 0 Å². The topological polar surface area (TPSA) is 0 Å². The normalized spacial score (nSPS) is 12.9. The number of hydrogen-bond acceptors (Lipinski definition) is 0. The first-order valence-electron chi connectivity index (χ1n) is 12.7. The molecular weight excluding hydrogens is 509 g/mol. The van der Waals surface area contributed by atoms with E-state index >= 15 is 0 Å². The van der Waals surface area contributed by atoms with E-state index in [0.29, 0.717) is 0 Å². The standard InChI is InChI=1S/C14H16.C11H14.C10H14.Y/c1-9-5-7-14-12(4)10(2)6-8-13(14)11(9)3;1-5-8(2)11-6-9(3)10(4)7-11;1-7-5-9(3)10(4)6-8(7)2;/h5-8H,1-4H3;6H2,1-4H3;5-6H,1-4H3;/q;-2;;. The number of fused-ring (bicyclic) bond motifs is 1. The van der Waals surface area contributed by atoms with Crippen molar-refractivity contribution >= 4 is 10.8 Å². The minimum absolute atomic E-state index is 0. The van der Waals surface area contributed by atoms with Crippen molar-refractivity contribution in [2.45, 2.75) is 89.5 Å². The van der Waals surface area contributed by atoms with Crippen LogP contribution in [0.4, 0.5) is 0 Å². The Kier molecular flexibility index (Phi) is 12.8. The van der Waals surface area contributed by atoms with Gasteiger partial charge in [0.1, 0.15) is 0 Å². The molecule has 0 nitrogen and oxygen atoms in total. The van der Waals surface area contributed by atoms with E-state index in [2.05, 4.69) is 125 Å². The molecule has 36 heavy (non-hydrogen) atoms. The van der Waals surface area contributed by atoms with Crippen LogP contribution in [-0.4, -0.2) is 0 Å². The average Bonchev–Trinajstić information content (AvgIpc) is 3.16. The molecule has 0 saturated heterocycles. The minimum atomic E-state index is 0. The Morgan fingerprint density at radius 3 is 1.33 bits per heavy atom. The monoisotopic (exact) mass is 553 g/mol. The van der Waals surface area contributed by atoms with E-state index in [-0.39, 0.29) is 32.7 Å². The van der Waals surface area contributed by atoms with Gasteiger partial charge >= 0.3 is 0 Å². The Bertz CT molecular complexity index is 1210. The molecule has 4 rings (SSSR count). The van der Waals surface area contributed by atoms with Crippen molar-refractivity contribution in [1.29, 1.82) is 0 Å². The first-order chi connectivity index (χ1) is 16.4. The predicted molar refractivity (Wildman–Crippen MR) is 156 cm³/mol. The Morgan fingerprint density at radius 2 is 1.03 bits per heavy atom. The van der Waals surface area contributed by atoms with Crippen molar-refractivity contribution < 1.29 is 32.7 Å². The molecule has 0 spiro atoms. The summed E-state index contributed by atoms with van der Waals surface area (Å²) >= 11 is 0. The van der Waals surface area contributed by atoms with Gasteiger partial charge in [-0.15, -0.1) is 20.3 Å². The first-order valence-corrected chi connectivity index (χ1v) is 12.7. The molecule has 1 aliphatic rings. The van der Waals surface area contributed by atoms with Gasteiger partial charge in [0.25, 0.3) is 0 Å². The van der Waals surface area contributed by atoms with Crippen LogP contribution < -0.4 is 0 Å². The number of benzene rings is 3. The van der Waals surface area contributed by atoms with Gasteiger partial charge in [-0.05, 0) is 111 Å². The summed E-state index contributed by atoms with van der Waals surface area (Å²) in [5, 5.41) is 2.79. The third-order valence-electron chi connectivity index (χ3n) is 7.64. The van der Waals surface area contributed by atoms with Crippen LogP contribution in [0.3, 0.4) is 0 Å². The second kappa shape index (κ2) is 14.3. The van der Waals surface area contributed by atoms with Crippen molar-refractivity contribution in [3.05, 3.63) is 115 Å². The fourth-order valence-electron chi connectivity index (χ4n) is 4.18. The largest absolute Gasteiger partial charge is 0.343 e. The van der Waals surface area contributed by atoms with Crippen LogP contribution in [0, 0.1) is 67.5 Å². The summed E-state index contributed by atoms with van der Waals surface area (Å²) in [6, 6.07) is 13.4. The molecular formula is C35H44Y-2. The van der Waals surface area contributed by atoms with E-state index in [4.69, 9.17) is 0 Å². The van der Waals surface area contributed by atoms with Crippen LogP contribution >= 0.6 is 0 Å². The zero-order chi connectivity index (χ0) is 26.4. The molecule has 0 atom stereocenters. The zero-order valence-corrected chi connectivity index (χ0v) is 27.6. The number of allylic oxidation sites excluding steroid dienone is 6. The maximum Gasteiger partial charge on any atom is 0 e. The third-order valence-corrected chi connectivity index (χ3v) is 7.64. The second-order valence-corrected chi connectivity index (χ2v) is 10.2. The van der Waals surface area contributed by atoms with Gasteiger partial charge in [0.15, 0.2) is 0 Å². The average molecular weight is 554 g/mol. The molecule has 0 aliphatic heterocycles. The summed E-state index contributed by atoms with van der Waals surface area (Å²) in [6.45, 7) is 25.7. The van der Waals surface area contributed by atoms with Crippen LogP contribution in [0.25, 0.3) is 10.8 Å². The summed E-state index contributed by atoms with van der Waals surface area (Å²) in [4.78, 5) is 0. The minimum Gasteiger partial charge on any atom is -0.343 e. The number of hydrogen-bond donors (Lipinski definition) is 0. The molecule has 0 heterocycles. The van der Waals surface area contributed by atoms with E-state index in [9.17, 15) is 0 Å².